The van der Waals surface area contributed by atoms with Gasteiger partial charge >= 0.3 is 6.09 Å². The van der Waals surface area contributed by atoms with Gasteiger partial charge in [-0.15, -0.1) is 0 Å². The Balaban J connectivity index is 1.34. The second-order valence-electron chi connectivity index (χ2n) is 7.96. The third-order valence-corrected chi connectivity index (χ3v) is 5.66. The molecule has 1 aromatic carbocycles. The first kappa shape index (κ1) is 22.4. The molecule has 2 fully saturated rings. The number of anilines is 2. The van der Waals surface area contributed by atoms with Crippen molar-refractivity contribution in [3.05, 3.63) is 54.1 Å². The number of benzene rings is 1. The zero-order valence-corrected chi connectivity index (χ0v) is 18.3. The molecule has 1 aromatic heterocycles. The van der Waals surface area contributed by atoms with E-state index in [1.165, 1.54) is 24.0 Å². The number of amides is 3. The van der Waals surface area contributed by atoms with Crippen LogP contribution < -0.4 is 15.1 Å². The highest BCUT2D eigenvalue weighted by Crippen LogP contribution is 2.28. The van der Waals surface area contributed by atoms with Crippen LogP contribution in [0.3, 0.4) is 0 Å². The number of aromatic nitrogens is 1. The molecule has 0 spiro atoms. The summed E-state index contributed by atoms with van der Waals surface area (Å²) in [6, 6.07) is 8.37. The maximum absolute atomic E-state index is 14.9. The number of carbonyl (C=O) groups excluding carboxylic acids is 3. The average molecular weight is 455 g/mol. The zero-order chi connectivity index (χ0) is 23.4. The molecule has 9 nitrogen and oxygen atoms in total. The molecule has 0 unspecified atom stereocenters. The van der Waals surface area contributed by atoms with Crippen LogP contribution in [0.5, 0.6) is 0 Å². The van der Waals surface area contributed by atoms with Crippen LogP contribution in [0.2, 0.25) is 0 Å². The van der Waals surface area contributed by atoms with Crippen LogP contribution in [-0.2, 0) is 14.3 Å². The standard InChI is InChI=1S/C23H26FN5O4/c1-16(30)26-14-19-15-29(23(32)33-19)18-5-6-21(20(24)13-18)27-9-11-28(12-10-27)22(31)7-4-17-3-2-8-25-17/h2-8,13,19,25H,9-12,14-15H2,1H3,(H,26,30)/t19-/m0/s1. The van der Waals surface area contributed by atoms with Crippen LogP contribution in [0.25, 0.3) is 6.08 Å². The van der Waals surface area contributed by atoms with Gasteiger partial charge in [-0.05, 0) is 36.4 Å². The van der Waals surface area contributed by atoms with Crippen molar-refractivity contribution in [3.8, 4) is 0 Å². The molecule has 4 rings (SSSR count). The van der Waals surface area contributed by atoms with Crippen molar-refractivity contribution in [1.29, 1.82) is 0 Å². The summed E-state index contributed by atoms with van der Waals surface area (Å²) in [7, 11) is 0. The lowest BCUT2D eigenvalue weighted by Crippen LogP contribution is -2.48. The van der Waals surface area contributed by atoms with Gasteiger partial charge in [0.25, 0.3) is 0 Å². The van der Waals surface area contributed by atoms with Crippen molar-refractivity contribution < 1.29 is 23.5 Å². The fourth-order valence-corrected chi connectivity index (χ4v) is 3.90. The van der Waals surface area contributed by atoms with Gasteiger partial charge in [0, 0.05) is 51.1 Å². The zero-order valence-electron chi connectivity index (χ0n) is 18.3. The summed E-state index contributed by atoms with van der Waals surface area (Å²) >= 11 is 0. The van der Waals surface area contributed by atoms with E-state index in [9.17, 15) is 18.8 Å². The molecule has 33 heavy (non-hydrogen) atoms. The van der Waals surface area contributed by atoms with E-state index in [1.54, 1.807) is 29.3 Å². The number of cyclic esters (lactones) is 1. The number of carbonyl (C=O) groups is 3. The lowest BCUT2D eigenvalue weighted by atomic mass is 10.2. The van der Waals surface area contributed by atoms with Crippen molar-refractivity contribution in [2.24, 2.45) is 0 Å². The van der Waals surface area contributed by atoms with Crippen LogP contribution in [0.4, 0.5) is 20.6 Å². The minimum Gasteiger partial charge on any atom is -0.442 e. The molecule has 0 bridgehead atoms. The number of hydrogen-bond acceptors (Lipinski definition) is 5. The third-order valence-electron chi connectivity index (χ3n) is 5.66. The molecule has 3 amide bonds. The molecule has 2 aromatic rings. The Hall–Kier alpha value is -3.82. The molecule has 0 saturated carbocycles. The summed E-state index contributed by atoms with van der Waals surface area (Å²) < 4.78 is 20.2. The number of aromatic amines is 1. The maximum atomic E-state index is 14.9. The lowest BCUT2D eigenvalue weighted by molar-refractivity contribution is -0.126. The SMILES string of the molecule is CC(=O)NC[C@H]1CN(c2ccc(N3CCN(C(=O)C=Cc4ccc[nH]4)CC3)c(F)c2)C(=O)O1. The van der Waals surface area contributed by atoms with E-state index in [1.807, 2.05) is 17.0 Å². The van der Waals surface area contributed by atoms with Gasteiger partial charge in [-0.2, -0.15) is 0 Å². The highest BCUT2D eigenvalue weighted by atomic mass is 19.1. The Kier molecular flexibility index (Phi) is 6.62. The van der Waals surface area contributed by atoms with Gasteiger partial charge < -0.3 is 24.8 Å². The molecule has 2 aliphatic heterocycles. The van der Waals surface area contributed by atoms with Crippen LogP contribution >= 0.6 is 0 Å². The molecular formula is C23H26FN5O4. The number of rotatable bonds is 6. The summed E-state index contributed by atoms with van der Waals surface area (Å²) in [5.41, 5.74) is 1.68. The van der Waals surface area contributed by atoms with Gasteiger partial charge in [0.1, 0.15) is 11.9 Å². The van der Waals surface area contributed by atoms with Gasteiger partial charge in [-0.1, -0.05) is 0 Å². The van der Waals surface area contributed by atoms with Crippen molar-refractivity contribution >= 4 is 35.4 Å². The predicted molar refractivity (Wildman–Crippen MR) is 121 cm³/mol. The van der Waals surface area contributed by atoms with E-state index in [4.69, 9.17) is 4.74 Å². The first-order chi connectivity index (χ1) is 15.9. The molecule has 3 heterocycles. The van der Waals surface area contributed by atoms with Crippen LogP contribution in [0.1, 0.15) is 12.6 Å². The Morgan fingerprint density at radius 1 is 1.24 bits per heavy atom. The Labute approximate surface area is 190 Å². The van der Waals surface area contributed by atoms with Gasteiger partial charge in [-0.3, -0.25) is 14.5 Å². The minimum atomic E-state index is -0.572. The van der Waals surface area contributed by atoms with E-state index >= 15 is 0 Å². The maximum Gasteiger partial charge on any atom is 0.414 e. The number of ether oxygens (including phenoxy) is 1. The number of nitrogens with zero attached hydrogens (tertiary/aromatic N) is 3. The fourth-order valence-electron chi connectivity index (χ4n) is 3.90. The summed E-state index contributed by atoms with van der Waals surface area (Å²) in [4.78, 5) is 43.6. The summed E-state index contributed by atoms with van der Waals surface area (Å²) in [5.74, 6) is -0.739. The normalized spacial score (nSPS) is 18.7. The van der Waals surface area contributed by atoms with Gasteiger partial charge in [-0.25, -0.2) is 9.18 Å². The van der Waals surface area contributed by atoms with E-state index in [-0.39, 0.29) is 24.9 Å². The Bertz CT molecular complexity index is 1050. The van der Waals surface area contributed by atoms with E-state index < -0.39 is 18.0 Å². The molecule has 1 atom stereocenters. The number of halogens is 1. The van der Waals surface area contributed by atoms with Crippen LogP contribution in [0.15, 0.2) is 42.6 Å². The highest BCUT2D eigenvalue weighted by molar-refractivity contribution is 5.92. The smallest absolute Gasteiger partial charge is 0.414 e. The fraction of sp³-hybridized carbons (Fsp3) is 0.348. The molecule has 0 radical (unpaired) electrons. The van der Waals surface area contributed by atoms with E-state index in [2.05, 4.69) is 10.3 Å². The van der Waals surface area contributed by atoms with Crippen molar-refractivity contribution in [1.82, 2.24) is 15.2 Å². The van der Waals surface area contributed by atoms with E-state index in [0.29, 0.717) is 37.6 Å². The van der Waals surface area contributed by atoms with Crippen molar-refractivity contribution in [2.75, 3.05) is 49.1 Å². The minimum absolute atomic E-state index is 0.0820. The molecule has 174 valence electrons. The molecule has 2 saturated heterocycles. The number of hydrogen-bond donors (Lipinski definition) is 2. The molecule has 2 N–H and O–H groups in total. The number of piperazine rings is 1. The summed E-state index contributed by atoms with van der Waals surface area (Å²) in [5, 5.41) is 2.61. The first-order valence-corrected chi connectivity index (χ1v) is 10.8. The van der Waals surface area contributed by atoms with E-state index in [0.717, 1.165) is 5.69 Å². The van der Waals surface area contributed by atoms with Crippen molar-refractivity contribution in [2.45, 2.75) is 13.0 Å². The second kappa shape index (κ2) is 9.76. The topological polar surface area (TPSA) is 98.0 Å². The molecule has 10 heteroatoms. The highest BCUT2D eigenvalue weighted by Gasteiger charge is 2.33. The third kappa shape index (κ3) is 5.33. The Morgan fingerprint density at radius 2 is 2.03 bits per heavy atom. The summed E-state index contributed by atoms with van der Waals surface area (Å²) in [6.45, 7) is 3.80. The summed E-state index contributed by atoms with van der Waals surface area (Å²) in [6.07, 6.45) is 4.00. The van der Waals surface area contributed by atoms with Gasteiger partial charge in [0.2, 0.25) is 11.8 Å². The molecular weight excluding hydrogens is 429 g/mol. The monoisotopic (exact) mass is 455 g/mol. The lowest BCUT2D eigenvalue weighted by Gasteiger charge is -2.36. The average Bonchev–Trinajstić information content (AvgIpc) is 3.45. The number of H-pyrrole nitrogens is 1. The molecule has 2 aliphatic rings. The first-order valence-electron chi connectivity index (χ1n) is 10.8. The molecule has 0 aliphatic carbocycles. The number of nitrogens with one attached hydrogen (secondary N) is 2. The van der Waals surface area contributed by atoms with Crippen LogP contribution in [0, 0.1) is 5.82 Å². The van der Waals surface area contributed by atoms with Gasteiger partial charge in [0.15, 0.2) is 0 Å². The Morgan fingerprint density at radius 3 is 2.70 bits per heavy atom. The predicted octanol–water partition coefficient (Wildman–Crippen LogP) is 1.98. The van der Waals surface area contributed by atoms with Crippen molar-refractivity contribution in [3.63, 3.8) is 0 Å². The second-order valence-corrected chi connectivity index (χ2v) is 7.96. The van der Waals surface area contributed by atoms with Crippen LogP contribution in [-0.4, -0.2) is 73.2 Å². The largest absolute Gasteiger partial charge is 0.442 e. The quantitative estimate of drug-likeness (QED) is 0.649. The van der Waals surface area contributed by atoms with Gasteiger partial charge in [0.05, 0.1) is 24.5 Å².